The summed E-state index contributed by atoms with van der Waals surface area (Å²) in [6.07, 6.45) is 2.56. The third-order valence-corrected chi connectivity index (χ3v) is 7.35. The van der Waals surface area contributed by atoms with E-state index in [-0.39, 0.29) is 17.1 Å². The van der Waals surface area contributed by atoms with E-state index < -0.39 is 0 Å². The van der Waals surface area contributed by atoms with Gasteiger partial charge in [0.05, 0.1) is 6.54 Å². The molecule has 0 saturated carbocycles. The number of aromatic nitrogens is 3. The smallest absolute Gasteiger partial charge is 0.234 e. The zero-order valence-electron chi connectivity index (χ0n) is 22.2. The number of carbonyl (C=O) groups excluding carboxylic acids is 1. The molecule has 0 radical (unpaired) electrons. The average molecular weight is 508 g/mol. The van der Waals surface area contributed by atoms with E-state index in [1.165, 1.54) is 17.3 Å². The van der Waals surface area contributed by atoms with Crippen LogP contribution >= 0.6 is 11.8 Å². The summed E-state index contributed by atoms with van der Waals surface area (Å²) in [6.45, 7) is 14.8. The van der Waals surface area contributed by atoms with E-state index in [1.807, 2.05) is 38.1 Å². The van der Waals surface area contributed by atoms with Gasteiger partial charge in [0, 0.05) is 43.4 Å². The number of hydrogen-bond donors (Lipinski definition) is 1. The number of aliphatic imine (C=N–C) groups is 1. The van der Waals surface area contributed by atoms with Crippen molar-refractivity contribution >= 4 is 35.3 Å². The molecular weight excluding hydrogens is 470 g/mol. The molecule has 0 atom stereocenters. The molecule has 192 valence electrons. The fraction of sp³-hybridized carbons (Fsp3) is 0.519. The van der Waals surface area contributed by atoms with E-state index in [0.29, 0.717) is 30.0 Å². The SMILES string of the molecule is CC(C)C(=O)Cc1ccc(Sc2nc(NC3=NCC(C(C)(C)C)=C3)nc(N3CCN(C)CC3)n2)cc1. The van der Waals surface area contributed by atoms with Crippen molar-refractivity contribution in [2.75, 3.05) is 50.0 Å². The Balaban J connectivity index is 1.55. The molecule has 8 nitrogen and oxygen atoms in total. The maximum Gasteiger partial charge on any atom is 0.234 e. The van der Waals surface area contributed by atoms with Gasteiger partial charge >= 0.3 is 0 Å². The zero-order chi connectivity index (χ0) is 25.9. The third kappa shape index (κ3) is 6.91. The van der Waals surface area contributed by atoms with Crippen LogP contribution in [-0.4, -0.2) is 71.2 Å². The second-order valence-corrected chi connectivity index (χ2v) is 11.9. The molecule has 0 spiro atoms. The van der Waals surface area contributed by atoms with Crippen molar-refractivity contribution in [1.82, 2.24) is 19.9 Å². The Morgan fingerprint density at radius 1 is 1.06 bits per heavy atom. The van der Waals surface area contributed by atoms with Gasteiger partial charge in [-0.25, -0.2) is 0 Å². The number of hydrogen-bond acceptors (Lipinski definition) is 9. The summed E-state index contributed by atoms with van der Waals surface area (Å²) in [5.41, 5.74) is 2.38. The highest BCUT2D eigenvalue weighted by molar-refractivity contribution is 7.99. The minimum Gasteiger partial charge on any atom is -0.338 e. The molecule has 1 saturated heterocycles. The van der Waals surface area contributed by atoms with Gasteiger partial charge in [-0.1, -0.05) is 46.8 Å². The molecule has 36 heavy (non-hydrogen) atoms. The predicted molar refractivity (Wildman–Crippen MR) is 147 cm³/mol. The summed E-state index contributed by atoms with van der Waals surface area (Å²) < 4.78 is 0. The minimum atomic E-state index is 0.0435. The number of nitrogens with zero attached hydrogens (tertiary/aromatic N) is 6. The number of ketones is 1. The van der Waals surface area contributed by atoms with Crippen LogP contribution in [0.1, 0.15) is 40.2 Å². The number of benzene rings is 1. The lowest BCUT2D eigenvalue weighted by atomic mass is 9.87. The Bertz CT molecular complexity index is 1140. The van der Waals surface area contributed by atoms with E-state index in [0.717, 1.165) is 42.5 Å². The Morgan fingerprint density at radius 3 is 2.36 bits per heavy atom. The molecule has 0 unspecified atom stereocenters. The highest BCUT2D eigenvalue weighted by Crippen LogP contribution is 2.30. The van der Waals surface area contributed by atoms with Gasteiger partial charge in [0.15, 0.2) is 5.16 Å². The van der Waals surface area contributed by atoms with Crippen molar-refractivity contribution < 1.29 is 4.79 Å². The van der Waals surface area contributed by atoms with Crippen LogP contribution in [0.15, 0.2) is 51.0 Å². The van der Waals surface area contributed by atoms with Crippen LogP contribution in [0.5, 0.6) is 0 Å². The van der Waals surface area contributed by atoms with Gasteiger partial charge in [0.2, 0.25) is 11.9 Å². The first-order chi connectivity index (χ1) is 17.1. The number of likely N-dealkylation sites (N-methyl/N-ethyl adjacent to an activating group) is 1. The van der Waals surface area contributed by atoms with Crippen LogP contribution in [0.4, 0.5) is 11.9 Å². The second kappa shape index (κ2) is 11.1. The summed E-state index contributed by atoms with van der Waals surface area (Å²) in [5, 5.41) is 3.95. The minimum absolute atomic E-state index is 0.0435. The van der Waals surface area contributed by atoms with Crippen molar-refractivity contribution in [1.29, 1.82) is 0 Å². The third-order valence-electron chi connectivity index (χ3n) is 6.48. The van der Waals surface area contributed by atoms with E-state index in [1.54, 1.807) is 0 Å². The van der Waals surface area contributed by atoms with Gasteiger partial charge in [-0.15, -0.1) is 0 Å². The summed E-state index contributed by atoms with van der Waals surface area (Å²) in [7, 11) is 2.13. The van der Waals surface area contributed by atoms with Gasteiger partial charge in [0.1, 0.15) is 11.6 Å². The van der Waals surface area contributed by atoms with Crippen LogP contribution in [0.25, 0.3) is 0 Å². The quantitative estimate of drug-likeness (QED) is 0.592. The number of piperazine rings is 1. The molecule has 1 aromatic carbocycles. The van der Waals surface area contributed by atoms with Gasteiger partial charge in [-0.3, -0.25) is 9.79 Å². The normalized spacial score (nSPS) is 16.8. The van der Waals surface area contributed by atoms with Crippen molar-refractivity contribution in [2.24, 2.45) is 16.3 Å². The van der Waals surface area contributed by atoms with Crippen LogP contribution in [0.2, 0.25) is 0 Å². The van der Waals surface area contributed by atoms with Crippen LogP contribution in [-0.2, 0) is 11.2 Å². The molecule has 0 aliphatic carbocycles. The van der Waals surface area contributed by atoms with Crippen LogP contribution in [0, 0.1) is 11.3 Å². The number of rotatable bonds is 7. The first kappa shape index (κ1) is 26.3. The van der Waals surface area contributed by atoms with Crippen molar-refractivity contribution in [3.8, 4) is 0 Å². The van der Waals surface area contributed by atoms with Crippen molar-refractivity contribution in [3.05, 3.63) is 41.5 Å². The zero-order valence-corrected chi connectivity index (χ0v) is 23.0. The molecule has 4 rings (SSSR count). The Kier molecular flexibility index (Phi) is 8.10. The first-order valence-corrected chi connectivity index (χ1v) is 13.4. The number of anilines is 2. The Morgan fingerprint density at radius 2 is 1.75 bits per heavy atom. The average Bonchev–Trinajstić information content (AvgIpc) is 3.30. The Hall–Kier alpha value is -2.78. The maximum absolute atomic E-state index is 12.1. The van der Waals surface area contributed by atoms with Crippen molar-refractivity contribution in [2.45, 2.75) is 51.1 Å². The number of Topliss-reactive ketones (excluding diaryl/α,β-unsaturated/α-hetero) is 1. The summed E-state index contributed by atoms with van der Waals surface area (Å²) in [5.74, 6) is 2.26. The molecule has 1 fully saturated rings. The Labute approximate surface area is 218 Å². The second-order valence-electron chi connectivity index (χ2n) is 10.8. The van der Waals surface area contributed by atoms with Crippen LogP contribution < -0.4 is 10.2 Å². The standard InChI is InChI=1S/C27H37N7OS/c1-18(2)22(35)15-19-7-9-21(10-8-19)36-26-31-24(29-23-16-20(17-28-23)27(3,4)5)30-25(32-26)34-13-11-33(6)12-14-34/h7-10,16,18H,11-15,17H2,1-6H3,(H,28,29,30,31,32). The van der Waals surface area contributed by atoms with Gasteiger partial charge in [-0.2, -0.15) is 15.0 Å². The molecule has 2 aliphatic heterocycles. The molecule has 2 aromatic rings. The summed E-state index contributed by atoms with van der Waals surface area (Å²) in [4.78, 5) is 36.5. The monoisotopic (exact) mass is 507 g/mol. The van der Waals surface area contributed by atoms with E-state index in [2.05, 4.69) is 54.0 Å². The molecule has 0 bridgehead atoms. The highest BCUT2D eigenvalue weighted by Gasteiger charge is 2.23. The van der Waals surface area contributed by atoms with Crippen molar-refractivity contribution in [3.63, 3.8) is 0 Å². The largest absolute Gasteiger partial charge is 0.338 e. The van der Waals surface area contributed by atoms with E-state index in [4.69, 9.17) is 15.0 Å². The molecule has 2 aliphatic rings. The molecular formula is C27H37N7OS. The highest BCUT2D eigenvalue weighted by atomic mass is 32.2. The fourth-order valence-corrected chi connectivity index (χ4v) is 4.59. The lowest BCUT2D eigenvalue weighted by Crippen LogP contribution is -2.45. The topological polar surface area (TPSA) is 86.6 Å². The van der Waals surface area contributed by atoms with E-state index in [9.17, 15) is 4.79 Å². The molecule has 3 heterocycles. The number of amidine groups is 1. The summed E-state index contributed by atoms with van der Waals surface area (Å²) >= 11 is 1.50. The lowest BCUT2D eigenvalue weighted by Gasteiger charge is -2.32. The fourth-order valence-electron chi connectivity index (χ4n) is 3.85. The molecule has 9 heteroatoms. The molecule has 1 aromatic heterocycles. The first-order valence-electron chi connectivity index (χ1n) is 12.6. The van der Waals surface area contributed by atoms with Gasteiger partial charge < -0.3 is 15.1 Å². The molecule has 0 amide bonds. The number of carbonyl (C=O) groups is 1. The van der Waals surface area contributed by atoms with Gasteiger partial charge in [-0.05, 0) is 53.6 Å². The molecule has 1 N–H and O–H groups in total. The number of nitrogens with one attached hydrogen (secondary N) is 1. The van der Waals surface area contributed by atoms with Crippen LogP contribution in [0.3, 0.4) is 0 Å². The summed E-state index contributed by atoms with van der Waals surface area (Å²) in [6, 6.07) is 8.08. The lowest BCUT2D eigenvalue weighted by molar-refractivity contribution is -0.121. The van der Waals surface area contributed by atoms with Gasteiger partial charge in [0.25, 0.3) is 0 Å². The predicted octanol–water partition coefficient (Wildman–Crippen LogP) is 4.34. The van der Waals surface area contributed by atoms with E-state index >= 15 is 0 Å². The maximum atomic E-state index is 12.1.